The summed E-state index contributed by atoms with van der Waals surface area (Å²) in [4.78, 5) is 8.46. The third kappa shape index (κ3) is 14.5. The van der Waals surface area contributed by atoms with Crippen LogP contribution in [0.15, 0.2) is 9.98 Å². The van der Waals surface area contributed by atoms with E-state index in [1.165, 1.54) is 0 Å². The predicted molar refractivity (Wildman–Crippen MR) is 60.5 cm³/mol. The molecule has 0 aromatic rings. The van der Waals surface area contributed by atoms with Gasteiger partial charge in [-0.1, -0.05) is 0 Å². The van der Waals surface area contributed by atoms with Gasteiger partial charge in [0.05, 0.1) is 0 Å². The van der Waals surface area contributed by atoms with Gasteiger partial charge in [0.2, 0.25) is 0 Å². The van der Waals surface area contributed by atoms with Crippen molar-refractivity contribution >= 4 is 12.4 Å². The molecule has 0 N–H and O–H groups in total. The van der Waals surface area contributed by atoms with Crippen molar-refractivity contribution in [1.82, 2.24) is 0 Å². The molecule has 0 saturated carbocycles. The molecule has 0 saturated heterocycles. The van der Waals surface area contributed by atoms with Crippen molar-refractivity contribution in [2.45, 2.75) is 32.1 Å². The maximum absolute atomic E-state index is 4.23. The summed E-state index contributed by atoms with van der Waals surface area (Å²) in [7, 11) is 0. The summed E-state index contributed by atoms with van der Waals surface area (Å²) in [5.41, 5.74) is 0. The molecular weight excluding hydrogens is 355 g/mol. The van der Waals surface area contributed by atoms with Gasteiger partial charge in [-0.2, -0.15) is 12.8 Å². The molecule has 0 aromatic heterocycles. The molecule has 0 spiro atoms. The number of hydrogen-bond acceptors (Lipinski definition) is 2. The van der Waals surface area contributed by atoms with Gasteiger partial charge in [-0.15, -0.1) is 0 Å². The van der Waals surface area contributed by atoms with Crippen LogP contribution in [0.4, 0.5) is 0 Å². The topological polar surface area (TPSA) is 24.7 Å². The molecule has 0 aliphatic carbocycles. The predicted octanol–water partition coefficient (Wildman–Crippen LogP) is 2.74. The summed E-state index contributed by atoms with van der Waals surface area (Å²) in [6, 6.07) is 0. The van der Waals surface area contributed by atoms with Crippen LogP contribution < -0.4 is 0 Å². The smallest absolute Gasteiger partial charge is 0.343 e. The molecule has 84 valence electrons. The molecule has 2 nitrogen and oxygen atoms in total. The van der Waals surface area contributed by atoms with E-state index >= 15 is 0 Å². The summed E-state index contributed by atoms with van der Waals surface area (Å²) in [5.74, 6) is 0. The van der Waals surface area contributed by atoms with Gasteiger partial charge >= 0.3 is 21.1 Å². The molecule has 0 bridgehead atoms. The van der Waals surface area contributed by atoms with Crippen LogP contribution in [0.5, 0.6) is 0 Å². The van der Waals surface area contributed by atoms with Crippen molar-refractivity contribution in [3.05, 3.63) is 13.8 Å². The van der Waals surface area contributed by atoms with Crippen molar-refractivity contribution in [3.63, 3.8) is 0 Å². The normalized spacial score (nSPS) is 11.0. The van der Waals surface area contributed by atoms with Gasteiger partial charge in [-0.05, 0) is 31.7 Å². The summed E-state index contributed by atoms with van der Waals surface area (Å²) < 4.78 is 0. The molecule has 0 radical (unpaired) electrons. The van der Waals surface area contributed by atoms with Crippen LogP contribution in [0.25, 0.3) is 0 Å². The first-order chi connectivity index (χ1) is 6.41. The van der Waals surface area contributed by atoms with E-state index in [2.05, 4.69) is 23.8 Å². The molecule has 0 rings (SSSR count). The summed E-state index contributed by atoms with van der Waals surface area (Å²) in [6.07, 6.45) is 8.80. The Labute approximate surface area is 103 Å². The summed E-state index contributed by atoms with van der Waals surface area (Å²) >= 11 is 0. The monoisotopic (exact) mass is 375 g/mol. The number of nitrogens with zero attached hydrogens (tertiary/aromatic N) is 2. The number of rotatable bonds is 8. The van der Waals surface area contributed by atoms with Gasteiger partial charge in [-0.3, -0.25) is 9.98 Å². The largest absolute Gasteiger partial charge is 2.00 e. The van der Waals surface area contributed by atoms with E-state index in [0.29, 0.717) is 0 Å². The molecule has 0 aromatic carbocycles. The molecule has 14 heavy (non-hydrogen) atoms. The third-order valence-electron chi connectivity index (χ3n) is 1.50. The van der Waals surface area contributed by atoms with Crippen molar-refractivity contribution in [3.8, 4) is 0 Å². The van der Waals surface area contributed by atoms with E-state index < -0.39 is 0 Å². The first kappa shape index (κ1) is 16.5. The van der Waals surface area contributed by atoms with E-state index in [0.717, 1.165) is 45.2 Å². The fourth-order valence-electron chi connectivity index (χ4n) is 0.801. The molecule has 0 amide bonds. The quantitative estimate of drug-likeness (QED) is 0.354. The molecule has 0 unspecified atom stereocenters. The van der Waals surface area contributed by atoms with Crippen molar-refractivity contribution in [2.24, 2.45) is 9.98 Å². The number of hydrogen-bond donors (Lipinski definition) is 0. The van der Waals surface area contributed by atoms with Crippen LogP contribution in [0.1, 0.15) is 32.1 Å². The van der Waals surface area contributed by atoms with Crippen molar-refractivity contribution in [2.75, 3.05) is 13.1 Å². The third-order valence-corrected chi connectivity index (χ3v) is 1.50. The van der Waals surface area contributed by atoms with Crippen LogP contribution in [0.3, 0.4) is 0 Å². The molecule has 3 heteroatoms. The Bertz CT molecular complexity index is 128. The van der Waals surface area contributed by atoms with Gasteiger partial charge in [-0.25, -0.2) is 0 Å². The van der Waals surface area contributed by atoms with Crippen LogP contribution in [-0.2, 0) is 21.1 Å². The molecule has 0 heterocycles. The minimum absolute atomic E-state index is 0. The summed E-state index contributed by atoms with van der Waals surface area (Å²) in [5, 5.41) is 0. The van der Waals surface area contributed by atoms with E-state index in [1.807, 2.05) is 12.4 Å². The zero-order valence-electron chi connectivity index (χ0n) is 8.73. The molecule has 0 fully saturated rings. The summed E-state index contributed by atoms with van der Waals surface area (Å²) in [6.45, 7) is 9.25. The molecule has 0 aliphatic heterocycles. The van der Waals surface area contributed by atoms with Crippen LogP contribution in [0, 0.1) is 13.8 Å². The van der Waals surface area contributed by atoms with E-state index in [9.17, 15) is 0 Å². The minimum Gasteiger partial charge on any atom is -0.343 e. The molecule has 0 aliphatic rings. The number of unbranched alkanes of at least 4 members (excludes halogenated alkanes) is 2. The first-order valence-corrected chi connectivity index (χ1v) is 4.97. The second kappa shape index (κ2) is 15.5. The Balaban J connectivity index is 0. The number of aliphatic imine (C=N–C) groups is 2. The second-order valence-electron chi connectivity index (χ2n) is 2.82. The minimum atomic E-state index is 0. The molecule has 0 atom stereocenters. The Kier molecular flexibility index (Phi) is 18.2. The van der Waals surface area contributed by atoms with Gasteiger partial charge < -0.3 is 13.8 Å². The van der Waals surface area contributed by atoms with Crippen LogP contribution in [0.2, 0.25) is 0 Å². The van der Waals surface area contributed by atoms with Gasteiger partial charge in [0.25, 0.3) is 0 Å². The zero-order chi connectivity index (χ0) is 9.78. The second-order valence-corrected chi connectivity index (χ2v) is 2.82. The van der Waals surface area contributed by atoms with Crippen molar-refractivity contribution in [1.29, 1.82) is 0 Å². The van der Waals surface area contributed by atoms with E-state index in [-0.39, 0.29) is 21.1 Å². The Hall–Kier alpha value is 0.0283. The van der Waals surface area contributed by atoms with Crippen LogP contribution in [-0.4, -0.2) is 25.5 Å². The zero-order valence-corrected chi connectivity index (χ0v) is 11.0. The maximum atomic E-state index is 4.23. The Morgan fingerprint density at radius 1 is 0.857 bits per heavy atom. The fraction of sp³-hybridized carbons (Fsp3) is 0.636. The van der Waals surface area contributed by atoms with Crippen molar-refractivity contribution < 1.29 is 21.1 Å². The average molecular weight is 375 g/mol. The van der Waals surface area contributed by atoms with Gasteiger partial charge in [0, 0.05) is 13.1 Å². The Morgan fingerprint density at radius 2 is 1.29 bits per heavy atom. The molecular formula is C11H20N2Pt. The van der Waals surface area contributed by atoms with E-state index in [4.69, 9.17) is 0 Å². The fourth-order valence-corrected chi connectivity index (χ4v) is 0.801. The van der Waals surface area contributed by atoms with E-state index in [1.54, 1.807) is 0 Å². The van der Waals surface area contributed by atoms with Crippen LogP contribution >= 0.6 is 0 Å². The van der Waals surface area contributed by atoms with Gasteiger partial charge in [0.1, 0.15) is 0 Å². The SMILES string of the molecule is [CH2-]CCC=NCCCN=CCC[CH2-].[Pt+2]. The maximum Gasteiger partial charge on any atom is 2.00 e. The standard InChI is InChI=1S/C11H20N2.Pt/c1-3-5-8-12-10-7-11-13-9-6-4-2;/h8-9H,1-7,10-11H2;/q-2;+2. The Morgan fingerprint density at radius 3 is 1.64 bits per heavy atom. The average Bonchev–Trinajstić information content (AvgIpc) is 2.16. The first-order valence-electron chi connectivity index (χ1n) is 4.97. The van der Waals surface area contributed by atoms with Gasteiger partial charge in [0.15, 0.2) is 0 Å².